The lowest BCUT2D eigenvalue weighted by Crippen LogP contribution is -2.45. The first-order valence-electron chi connectivity index (χ1n) is 15.0. The predicted octanol–water partition coefficient (Wildman–Crippen LogP) is 4.61. The summed E-state index contributed by atoms with van der Waals surface area (Å²) < 4.78 is 2.28. The number of nitrogens with two attached hydrogens (primary N) is 1. The van der Waals surface area contributed by atoms with Crippen LogP contribution in [0.1, 0.15) is 102 Å². The Hall–Kier alpha value is -2.42. The number of carbonyl (C=O) groups excluding carboxylic acids is 1. The van der Waals surface area contributed by atoms with E-state index in [2.05, 4.69) is 20.1 Å². The number of amides is 1. The van der Waals surface area contributed by atoms with Crippen molar-refractivity contribution in [2.24, 2.45) is 11.7 Å². The number of nitrogens with zero attached hydrogens (tertiary/aromatic N) is 5. The van der Waals surface area contributed by atoms with E-state index in [1.54, 1.807) is 0 Å². The van der Waals surface area contributed by atoms with E-state index in [9.17, 15) is 4.79 Å². The lowest BCUT2D eigenvalue weighted by molar-refractivity contribution is -0.137. The Balaban J connectivity index is 1.18. The molecule has 4 aliphatic rings. The normalized spacial score (nSPS) is 26.6. The van der Waals surface area contributed by atoms with Crippen molar-refractivity contribution in [3.05, 3.63) is 6.33 Å². The summed E-state index contributed by atoms with van der Waals surface area (Å²) in [6, 6.07) is 1.44. The Morgan fingerprint density at radius 3 is 2.22 bits per heavy atom. The van der Waals surface area contributed by atoms with Gasteiger partial charge in [0.25, 0.3) is 0 Å². The number of rotatable bonds is 6. The molecule has 4 fully saturated rings. The summed E-state index contributed by atoms with van der Waals surface area (Å²) in [5, 5.41) is 7.35. The van der Waals surface area contributed by atoms with Crippen molar-refractivity contribution in [3.8, 4) is 0 Å². The van der Waals surface area contributed by atoms with Gasteiger partial charge in [0, 0.05) is 43.2 Å². The van der Waals surface area contributed by atoms with E-state index < -0.39 is 0 Å². The van der Waals surface area contributed by atoms with E-state index in [1.807, 2.05) is 6.33 Å². The maximum atomic E-state index is 13.0. The number of hydrogen-bond acceptors (Lipinski definition) is 7. The molecule has 6 rings (SSSR count). The number of carbonyl (C=O) groups is 1. The lowest BCUT2D eigenvalue weighted by Gasteiger charge is -2.35. The van der Waals surface area contributed by atoms with Crippen LogP contribution in [0.15, 0.2) is 6.33 Å². The van der Waals surface area contributed by atoms with E-state index >= 15 is 0 Å². The zero-order chi connectivity index (χ0) is 25.2. The SMILES string of the molecule is NC1CCC(Nc2nc(NC3CCN(C(=O)C4CCCCC4)CC3)c3ncn(C4CCCC4)c3n2)CC1. The molecule has 0 spiro atoms. The van der Waals surface area contributed by atoms with Crippen LogP contribution in [-0.4, -0.2) is 61.5 Å². The topological polar surface area (TPSA) is 114 Å². The molecular weight excluding hydrogens is 464 g/mol. The van der Waals surface area contributed by atoms with Gasteiger partial charge in [0.2, 0.25) is 11.9 Å². The first-order chi connectivity index (χ1) is 18.1. The highest BCUT2D eigenvalue weighted by Gasteiger charge is 2.30. The van der Waals surface area contributed by atoms with Crippen LogP contribution in [0.5, 0.6) is 0 Å². The molecule has 3 saturated carbocycles. The molecule has 1 amide bonds. The molecule has 3 heterocycles. The molecule has 1 saturated heterocycles. The second kappa shape index (κ2) is 11.1. The Labute approximate surface area is 220 Å². The Morgan fingerprint density at radius 2 is 1.49 bits per heavy atom. The molecule has 2 aromatic rings. The summed E-state index contributed by atoms with van der Waals surface area (Å²) in [7, 11) is 0. The predicted molar refractivity (Wildman–Crippen MR) is 146 cm³/mol. The Morgan fingerprint density at radius 1 is 0.811 bits per heavy atom. The smallest absolute Gasteiger partial charge is 0.227 e. The van der Waals surface area contributed by atoms with Crippen molar-refractivity contribution >= 4 is 28.8 Å². The number of fused-ring (bicyclic) bond motifs is 1. The van der Waals surface area contributed by atoms with E-state index in [1.165, 1.54) is 44.9 Å². The fraction of sp³-hybridized carbons (Fsp3) is 0.786. The number of imidazole rings is 1. The van der Waals surface area contributed by atoms with Crippen LogP contribution in [-0.2, 0) is 4.79 Å². The van der Waals surface area contributed by atoms with Gasteiger partial charge < -0.3 is 25.8 Å². The second-order valence-corrected chi connectivity index (χ2v) is 12.0. The standard InChI is InChI=1S/C28H44N8O/c29-20-10-12-21(13-11-20)32-28-33-25(24-26(34-28)36(18-30-24)23-8-4-5-9-23)31-22-14-16-35(17-15-22)27(37)19-6-2-1-3-7-19/h18-23H,1-17,29H2,(H2,31,32,33,34). The summed E-state index contributed by atoms with van der Waals surface area (Å²) in [4.78, 5) is 29.9. The van der Waals surface area contributed by atoms with E-state index in [0.717, 1.165) is 81.4 Å². The van der Waals surface area contributed by atoms with Crippen LogP contribution in [0, 0.1) is 5.92 Å². The van der Waals surface area contributed by atoms with Crippen molar-refractivity contribution in [3.63, 3.8) is 0 Å². The molecule has 0 bridgehead atoms. The van der Waals surface area contributed by atoms with Gasteiger partial charge in [-0.3, -0.25) is 4.79 Å². The minimum absolute atomic E-state index is 0.252. The van der Waals surface area contributed by atoms with Gasteiger partial charge >= 0.3 is 0 Å². The van der Waals surface area contributed by atoms with E-state index in [-0.39, 0.29) is 12.0 Å². The summed E-state index contributed by atoms with van der Waals surface area (Å²) in [5.41, 5.74) is 7.93. The first kappa shape index (κ1) is 24.9. The van der Waals surface area contributed by atoms with E-state index in [0.29, 0.717) is 30.0 Å². The third-order valence-electron chi connectivity index (χ3n) is 9.35. The van der Waals surface area contributed by atoms with Crippen LogP contribution in [0.25, 0.3) is 11.2 Å². The van der Waals surface area contributed by atoms with Gasteiger partial charge in [-0.15, -0.1) is 0 Å². The molecule has 9 nitrogen and oxygen atoms in total. The monoisotopic (exact) mass is 508 g/mol. The van der Waals surface area contributed by atoms with Gasteiger partial charge in [0.05, 0.1) is 6.33 Å². The third kappa shape index (κ3) is 5.56. The third-order valence-corrected chi connectivity index (χ3v) is 9.35. The van der Waals surface area contributed by atoms with Crippen molar-refractivity contribution in [1.29, 1.82) is 0 Å². The van der Waals surface area contributed by atoms with Gasteiger partial charge in [-0.1, -0.05) is 32.1 Å². The number of aromatic nitrogens is 4. The van der Waals surface area contributed by atoms with Gasteiger partial charge in [0.15, 0.2) is 17.0 Å². The summed E-state index contributed by atoms with van der Waals surface area (Å²) in [6.07, 6.45) is 18.8. The van der Waals surface area contributed by atoms with Crippen molar-refractivity contribution in [2.45, 2.75) is 120 Å². The quantitative estimate of drug-likeness (QED) is 0.522. The van der Waals surface area contributed by atoms with Gasteiger partial charge in [-0.05, 0) is 64.2 Å². The fourth-order valence-corrected chi connectivity index (χ4v) is 7.02. The van der Waals surface area contributed by atoms with Crippen LogP contribution < -0.4 is 16.4 Å². The zero-order valence-electron chi connectivity index (χ0n) is 22.2. The van der Waals surface area contributed by atoms with Crippen molar-refractivity contribution in [2.75, 3.05) is 23.7 Å². The highest BCUT2D eigenvalue weighted by atomic mass is 16.2. The molecule has 3 aliphatic carbocycles. The van der Waals surface area contributed by atoms with Gasteiger partial charge in [0.1, 0.15) is 0 Å². The highest BCUT2D eigenvalue weighted by molar-refractivity contribution is 5.84. The second-order valence-electron chi connectivity index (χ2n) is 12.0. The van der Waals surface area contributed by atoms with E-state index in [4.69, 9.17) is 20.7 Å². The lowest BCUT2D eigenvalue weighted by atomic mass is 9.87. The fourth-order valence-electron chi connectivity index (χ4n) is 7.02. The first-order valence-corrected chi connectivity index (χ1v) is 15.0. The van der Waals surface area contributed by atoms with Crippen LogP contribution >= 0.6 is 0 Å². The van der Waals surface area contributed by atoms with Gasteiger partial charge in [-0.2, -0.15) is 9.97 Å². The Bertz CT molecular complexity index is 1060. The molecular formula is C28H44N8O. The molecule has 0 radical (unpaired) electrons. The van der Waals surface area contributed by atoms with Crippen LogP contribution in [0.3, 0.4) is 0 Å². The minimum atomic E-state index is 0.252. The van der Waals surface area contributed by atoms with Crippen molar-refractivity contribution in [1.82, 2.24) is 24.4 Å². The van der Waals surface area contributed by atoms with Crippen LogP contribution in [0.2, 0.25) is 0 Å². The zero-order valence-corrected chi connectivity index (χ0v) is 22.2. The molecule has 0 unspecified atom stereocenters. The molecule has 9 heteroatoms. The number of hydrogen-bond donors (Lipinski definition) is 3. The molecule has 1 aliphatic heterocycles. The summed E-state index contributed by atoms with van der Waals surface area (Å²) in [5.74, 6) is 2.16. The van der Waals surface area contributed by atoms with Gasteiger partial charge in [-0.25, -0.2) is 4.98 Å². The number of anilines is 2. The molecule has 202 valence electrons. The molecule has 2 aromatic heterocycles. The van der Waals surface area contributed by atoms with Crippen molar-refractivity contribution < 1.29 is 4.79 Å². The average Bonchev–Trinajstić information content (AvgIpc) is 3.61. The molecule has 37 heavy (non-hydrogen) atoms. The number of likely N-dealkylation sites (tertiary alicyclic amines) is 1. The molecule has 4 N–H and O–H groups in total. The summed E-state index contributed by atoms with van der Waals surface area (Å²) in [6.45, 7) is 1.65. The summed E-state index contributed by atoms with van der Waals surface area (Å²) >= 11 is 0. The average molecular weight is 509 g/mol. The molecule has 0 aromatic carbocycles. The molecule has 0 atom stereocenters. The number of piperidine rings is 1. The minimum Gasteiger partial charge on any atom is -0.365 e. The maximum Gasteiger partial charge on any atom is 0.227 e. The largest absolute Gasteiger partial charge is 0.365 e. The highest BCUT2D eigenvalue weighted by Crippen LogP contribution is 2.34. The number of nitrogens with one attached hydrogen (secondary N) is 2. The van der Waals surface area contributed by atoms with Crippen LogP contribution in [0.4, 0.5) is 11.8 Å². The maximum absolute atomic E-state index is 13.0. The Kier molecular flexibility index (Phi) is 7.49.